The molecule has 80 valence electrons. The van der Waals surface area contributed by atoms with Gasteiger partial charge in [-0.3, -0.25) is 4.79 Å². The number of carboxylic acids is 1. The molecule has 3 heteroatoms. The third-order valence-electron chi connectivity index (χ3n) is 1.76. The van der Waals surface area contributed by atoms with Crippen molar-refractivity contribution in [2.75, 3.05) is 13.1 Å². The normalized spacial score (nSPS) is 11.4. The number of hydrogen-bond donors (Lipinski definition) is 2. The van der Waals surface area contributed by atoms with Crippen LogP contribution in [0.1, 0.15) is 40.5 Å². The van der Waals surface area contributed by atoms with Crippen molar-refractivity contribution >= 4 is 5.97 Å². The molecule has 0 amide bonds. The van der Waals surface area contributed by atoms with E-state index in [1.54, 1.807) is 0 Å². The van der Waals surface area contributed by atoms with Crippen LogP contribution < -0.4 is 5.32 Å². The summed E-state index contributed by atoms with van der Waals surface area (Å²) in [4.78, 5) is 10.5. The summed E-state index contributed by atoms with van der Waals surface area (Å²) in [5.41, 5.74) is 0. The molecule has 0 rings (SSSR count). The summed E-state index contributed by atoms with van der Waals surface area (Å²) in [6, 6.07) is 0. The molecule has 0 bridgehead atoms. The molecule has 0 aliphatic rings. The second-order valence-electron chi connectivity index (χ2n) is 2.59. The molecule has 1 atom stereocenters. The van der Waals surface area contributed by atoms with Gasteiger partial charge in [-0.05, 0) is 25.9 Å². The molecular formula is C10H23NO2. The van der Waals surface area contributed by atoms with Gasteiger partial charge in [-0.1, -0.05) is 27.7 Å². The Morgan fingerprint density at radius 1 is 1.38 bits per heavy atom. The fourth-order valence-electron chi connectivity index (χ4n) is 0.955. The highest BCUT2D eigenvalue weighted by molar-refractivity contribution is 5.69. The van der Waals surface area contributed by atoms with Gasteiger partial charge in [-0.25, -0.2) is 0 Å². The Labute approximate surface area is 81.5 Å². The zero-order valence-corrected chi connectivity index (χ0v) is 9.26. The molecule has 0 saturated carbocycles. The second kappa shape index (κ2) is 11.4. The van der Waals surface area contributed by atoms with Crippen molar-refractivity contribution < 1.29 is 9.90 Å². The van der Waals surface area contributed by atoms with Gasteiger partial charge in [0.05, 0.1) is 5.92 Å². The number of hydrogen-bond acceptors (Lipinski definition) is 2. The van der Waals surface area contributed by atoms with E-state index in [4.69, 9.17) is 5.11 Å². The van der Waals surface area contributed by atoms with Crippen LogP contribution in [0.25, 0.3) is 0 Å². The number of rotatable bonds is 6. The topological polar surface area (TPSA) is 49.3 Å². The van der Waals surface area contributed by atoms with Crippen LogP contribution in [-0.4, -0.2) is 24.2 Å². The SMILES string of the molecule is CC.CCNCCC(CC)C(=O)O. The summed E-state index contributed by atoms with van der Waals surface area (Å²) in [5.74, 6) is -0.848. The number of aliphatic carboxylic acids is 1. The van der Waals surface area contributed by atoms with E-state index >= 15 is 0 Å². The first kappa shape index (κ1) is 14.9. The zero-order chi connectivity index (χ0) is 10.7. The zero-order valence-electron chi connectivity index (χ0n) is 9.26. The van der Waals surface area contributed by atoms with Crippen molar-refractivity contribution in [1.82, 2.24) is 5.32 Å². The Balaban J connectivity index is 0. The minimum atomic E-state index is -0.676. The van der Waals surface area contributed by atoms with Gasteiger partial charge in [0.1, 0.15) is 0 Å². The Bertz CT molecular complexity index is 115. The molecule has 0 spiro atoms. The van der Waals surface area contributed by atoms with Crippen molar-refractivity contribution in [3.8, 4) is 0 Å². The lowest BCUT2D eigenvalue weighted by Gasteiger charge is -2.08. The van der Waals surface area contributed by atoms with E-state index in [0.717, 1.165) is 25.9 Å². The van der Waals surface area contributed by atoms with Gasteiger partial charge < -0.3 is 10.4 Å². The van der Waals surface area contributed by atoms with Crippen molar-refractivity contribution in [2.24, 2.45) is 5.92 Å². The second-order valence-corrected chi connectivity index (χ2v) is 2.59. The fourth-order valence-corrected chi connectivity index (χ4v) is 0.955. The molecule has 3 nitrogen and oxygen atoms in total. The smallest absolute Gasteiger partial charge is 0.306 e. The van der Waals surface area contributed by atoms with Crippen LogP contribution >= 0.6 is 0 Å². The summed E-state index contributed by atoms with van der Waals surface area (Å²) >= 11 is 0. The average Bonchev–Trinajstić information content (AvgIpc) is 2.15. The van der Waals surface area contributed by atoms with Crippen molar-refractivity contribution in [3.63, 3.8) is 0 Å². The van der Waals surface area contributed by atoms with E-state index in [9.17, 15) is 4.79 Å². The summed E-state index contributed by atoms with van der Waals surface area (Å²) in [5, 5.41) is 11.7. The lowest BCUT2D eigenvalue weighted by Crippen LogP contribution is -2.21. The molecule has 0 aromatic rings. The molecule has 0 fully saturated rings. The minimum absolute atomic E-state index is 0.172. The van der Waals surface area contributed by atoms with Gasteiger partial charge in [-0.2, -0.15) is 0 Å². The number of carbonyl (C=O) groups is 1. The van der Waals surface area contributed by atoms with Crippen molar-refractivity contribution in [3.05, 3.63) is 0 Å². The molecule has 0 saturated heterocycles. The molecule has 0 aromatic heterocycles. The van der Waals surface area contributed by atoms with Gasteiger partial charge in [0.2, 0.25) is 0 Å². The highest BCUT2D eigenvalue weighted by Crippen LogP contribution is 2.06. The standard InChI is InChI=1S/C8H17NO2.C2H6/c1-3-7(8(10)11)5-6-9-4-2;1-2/h7,9H,3-6H2,1-2H3,(H,10,11);1-2H3. The molecule has 0 aromatic carbocycles. The van der Waals surface area contributed by atoms with Crippen LogP contribution in [-0.2, 0) is 4.79 Å². The van der Waals surface area contributed by atoms with Gasteiger partial charge >= 0.3 is 5.97 Å². The van der Waals surface area contributed by atoms with E-state index in [1.165, 1.54) is 0 Å². The molecule has 0 radical (unpaired) electrons. The van der Waals surface area contributed by atoms with E-state index < -0.39 is 5.97 Å². The van der Waals surface area contributed by atoms with Crippen LogP contribution in [0.2, 0.25) is 0 Å². The first-order valence-corrected chi connectivity index (χ1v) is 5.15. The van der Waals surface area contributed by atoms with Gasteiger partial charge in [-0.15, -0.1) is 0 Å². The molecule has 0 heterocycles. The molecule has 0 aliphatic heterocycles. The molecule has 0 aliphatic carbocycles. The van der Waals surface area contributed by atoms with Crippen LogP contribution in [0.5, 0.6) is 0 Å². The molecular weight excluding hydrogens is 166 g/mol. The fraction of sp³-hybridized carbons (Fsp3) is 0.900. The summed E-state index contributed by atoms with van der Waals surface area (Å²) < 4.78 is 0. The third kappa shape index (κ3) is 9.34. The quantitative estimate of drug-likeness (QED) is 0.629. The lowest BCUT2D eigenvalue weighted by atomic mass is 10.0. The van der Waals surface area contributed by atoms with E-state index in [-0.39, 0.29) is 5.92 Å². The van der Waals surface area contributed by atoms with Crippen LogP contribution in [0, 0.1) is 5.92 Å². The maximum Gasteiger partial charge on any atom is 0.306 e. The Kier molecular flexibility index (Phi) is 13.1. The van der Waals surface area contributed by atoms with E-state index in [1.807, 2.05) is 27.7 Å². The maximum atomic E-state index is 10.5. The van der Waals surface area contributed by atoms with E-state index in [0.29, 0.717) is 0 Å². The molecule has 1 unspecified atom stereocenters. The highest BCUT2D eigenvalue weighted by atomic mass is 16.4. The molecule has 13 heavy (non-hydrogen) atoms. The van der Waals surface area contributed by atoms with Crippen molar-refractivity contribution in [2.45, 2.75) is 40.5 Å². The summed E-state index contributed by atoms with van der Waals surface area (Å²) in [6.07, 6.45) is 1.46. The summed E-state index contributed by atoms with van der Waals surface area (Å²) in [6.45, 7) is 9.64. The first-order valence-electron chi connectivity index (χ1n) is 5.15. The van der Waals surface area contributed by atoms with Gasteiger partial charge in [0.25, 0.3) is 0 Å². The minimum Gasteiger partial charge on any atom is -0.481 e. The third-order valence-corrected chi connectivity index (χ3v) is 1.76. The number of carboxylic acid groups (broad SMARTS) is 1. The lowest BCUT2D eigenvalue weighted by molar-refractivity contribution is -0.142. The predicted octanol–water partition coefficient (Wildman–Crippen LogP) is 2.12. The average molecular weight is 189 g/mol. The first-order chi connectivity index (χ1) is 6.22. The van der Waals surface area contributed by atoms with E-state index in [2.05, 4.69) is 5.32 Å². The maximum absolute atomic E-state index is 10.5. The summed E-state index contributed by atoms with van der Waals surface area (Å²) in [7, 11) is 0. The Hall–Kier alpha value is -0.570. The highest BCUT2D eigenvalue weighted by Gasteiger charge is 2.13. The van der Waals surface area contributed by atoms with Gasteiger partial charge in [0, 0.05) is 0 Å². The monoisotopic (exact) mass is 189 g/mol. The van der Waals surface area contributed by atoms with Gasteiger partial charge in [0.15, 0.2) is 0 Å². The predicted molar refractivity (Wildman–Crippen MR) is 55.9 cm³/mol. The van der Waals surface area contributed by atoms with Crippen LogP contribution in [0.3, 0.4) is 0 Å². The Morgan fingerprint density at radius 2 is 1.92 bits per heavy atom. The molecule has 2 N–H and O–H groups in total. The number of nitrogens with one attached hydrogen (secondary N) is 1. The van der Waals surface area contributed by atoms with Crippen LogP contribution in [0.15, 0.2) is 0 Å². The largest absolute Gasteiger partial charge is 0.481 e. The van der Waals surface area contributed by atoms with Crippen molar-refractivity contribution in [1.29, 1.82) is 0 Å². The Morgan fingerprint density at radius 3 is 2.23 bits per heavy atom. The van der Waals surface area contributed by atoms with Crippen LogP contribution in [0.4, 0.5) is 0 Å².